The van der Waals surface area contributed by atoms with Gasteiger partial charge in [-0.15, -0.1) is 0 Å². The van der Waals surface area contributed by atoms with Gasteiger partial charge < -0.3 is 19.7 Å². The van der Waals surface area contributed by atoms with E-state index in [1.807, 2.05) is 50.2 Å². The van der Waals surface area contributed by atoms with Gasteiger partial charge in [-0.25, -0.2) is 0 Å². The molecule has 0 saturated carbocycles. The summed E-state index contributed by atoms with van der Waals surface area (Å²) in [5.74, 6) is 1.69. The number of nitrogens with zero attached hydrogens (tertiary/aromatic N) is 2. The minimum absolute atomic E-state index is 0.154. The molecular weight excluding hydrogens is 524 g/mol. The molecule has 0 aromatic heterocycles. The molecule has 0 aliphatic heterocycles. The molecule has 1 aliphatic carbocycles. The van der Waals surface area contributed by atoms with Crippen LogP contribution in [0.5, 0.6) is 23.0 Å². The van der Waals surface area contributed by atoms with Gasteiger partial charge in [-0.2, -0.15) is 10.5 Å². The zero-order chi connectivity index (χ0) is 29.6. The Kier molecular flexibility index (Phi) is 8.65. The SMILES string of the molecule is CCCOc1c2cccc1Cc1cc(C#N)cc(c1O)Cc1cccc(c1OCCC)Cc1cc(C#N)cc(c1O)C2. The number of nitriles is 2. The van der Waals surface area contributed by atoms with Crippen LogP contribution in [-0.4, -0.2) is 23.4 Å². The maximum atomic E-state index is 11.5. The van der Waals surface area contributed by atoms with E-state index >= 15 is 0 Å². The largest absolute Gasteiger partial charge is 0.507 e. The molecule has 6 heteroatoms. The monoisotopic (exact) mass is 558 g/mol. The second-order valence-electron chi connectivity index (χ2n) is 10.7. The zero-order valence-electron chi connectivity index (χ0n) is 24.0. The lowest BCUT2D eigenvalue weighted by atomic mass is 9.90. The number of phenolic OH excluding ortho intramolecular Hbond substituents is 2. The average Bonchev–Trinajstić information content (AvgIpc) is 2.99. The summed E-state index contributed by atoms with van der Waals surface area (Å²) in [6, 6.07) is 23.2. The van der Waals surface area contributed by atoms with Crippen LogP contribution in [0.3, 0.4) is 0 Å². The Labute approximate surface area is 247 Å². The Balaban J connectivity index is 1.78. The van der Waals surface area contributed by atoms with Gasteiger partial charge in [0.15, 0.2) is 0 Å². The van der Waals surface area contributed by atoms with Gasteiger partial charge in [0.2, 0.25) is 0 Å². The normalized spacial score (nSPS) is 12.2. The minimum atomic E-state index is 0.154. The third-order valence-electron chi connectivity index (χ3n) is 7.57. The van der Waals surface area contributed by atoms with Crippen LogP contribution in [0, 0.1) is 22.7 Å². The van der Waals surface area contributed by atoms with Crippen molar-refractivity contribution in [3.8, 4) is 35.1 Å². The van der Waals surface area contributed by atoms with Gasteiger partial charge in [0.05, 0.1) is 36.5 Å². The van der Waals surface area contributed by atoms with E-state index < -0.39 is 0 Å². The summed E-state index contributed by atoms with van der Waals surface area (Å²) in [6.07, 6.45) is 3.05. The van der Waals surface area contributed by atoms with Crippen molar-refractivity contribution in [2.45, 2.75) is 52.4 Å². The van der Waals surface area contributed by atoms with Crippen molar-refractivity contribution in [3.63, 3.8) is 0 Å². The third-order valence-corrected chi connectivity index (χ3v) is 7.57. The van der Waals surface area contributed by atoms with Crippen LogP contribution in [0.2, 0.25) is 0 Å². The number of rotatable bonds is 6. The Morgan fingerprint density at radius 1 is 0.571 bits per heavy atom. The summed E-state index contributed by atoms with van der Waals surface area (Å²) in [4.78, 5) is 0. The molecule has 0 unspecified atom stereocenters. The number of fused-ring (bicyclic) bond motifs is 8. The first-order chi connectivity index (χ1) is 20.4. The molecule has 1 aliphatic rings. The van der Waals surface area contributed by atoms with E-state index in [0.29, 0.717) is 83.8 Å². The van der Waals surface area contributed by atoms with E-state index in [-0.39, 0.29) is 11.5 Å². The van der Waals surface area contributed by atoms with Crippen LogP contribution < -0.4 is 9.47 Å². The molecule has 5 rings (SSSR count). The lowest BCUT2D eigenvalue weighted by molar-refractivity contribution is 0.311. The van der Waals surface area contributed by atoms with E-state index in [0.717, 1.165) is 35.1 Å². The van der Waals surface area contributed by atoms with E-state index in [4.69, 9.17) is 9.47 Å². The van der Waals surface area contributed by atoms with Gasteiger partial charge >= 0.3 is 0 Å². The summed E-state index contributed by atoms with van der Waals surface area (Å²) >= 11 is 0. The maximum Gasteiger partial charge on any atom is 0.126 e. The zero-order valence-corrected chi connectivity index (χ0v) is 24.0. The van der Waals surface area contributed by atoms with Gasteiger partial charge in [-0.05, 0) is 81.6 Å². The number of ether oxygens (including phenoxy) is 2. The molecule has 6 nitrogen and oxygen atoms in total. The number of para-hydroxylation sites is 2. The van der Waals surface area contributed by atoms with Crippen LogP contribution in [0.25, 0.3) is 0 Å². The highest BCUT2D eigenvalue weighted by molar-refractivity contribution is 5.58. The first-order valence-corrected chi connectivity index (χ1v) is 14.4. The minimum Gasteiger partial charge on any atom is -0.507 e. The molecule has 0 saturated heterocycles. The van der Waals surface area contributed by atoms with E-state index in [2.05, 4.69) is 12.1 Å². The van der Waals surface area contributed by atoms with Crippen LogP contribution in [0.4, 0.5) is 0 Å². The molecule has 212 valence electrons. The highest BCUT2D eigenvalue weighted by atomic mass is 16.5. The molecule has 0 fully saturated rings. The lowest BCUT2D eigenvalue weighted by Crippen LogP contribution is -2.07. The molecule has 0 atom stereocenters. The van der Waals surface area contributed by atoms with Crippen molar-refractivity contribution in [1.29, 1.82) is 10.5 Å². The number of aromatic hydroxyl groups is 2. The molecule has 2 N–H and O–H groups in total. The van der Waals surface area contributed by atoms with Crippen LogP contribution >= 0.6 is 0 Å². The predicted octanol–water partition coefficient (Wildman–Crippen LogP) is 7.10. The first-order valence-electron chi connectivity index (χ1n) is 14.4. The molecule has 0 radical (unpaired) electrons. The van der Waals surface area contributed by atoms with Crippen molar-refractivity contribution in [3.05, 3.63) is 116 Å². The second kappa shape index (κ2) is 12.7. The quantitative estimate of drug-likeness (QED) is 0.230. The van der Waals surface area contributed by atoms with E-state index in [1.54, 1.807) is 24.3 Å². The fourth-order valence-electron chi connectivity index (χ4n) is 5.62. The molecule has 4 aromatic carbocycles. The molecule has 0 spiro atoms. The van der Waals surface area contributed by atoms with Crippen molar-refractivity contribution >= 4 is 0 Å². The van der Waals surface area contributed by atoms with Crippen LogP contribution in [-0.2, 0) is 25.7 Å². The summed E-state index contributed by atoms with van der Waals surface area (Å²) in [7, 11) is 0. The molecule has 8 bridgehead atoms. The smallest absolute Gasteiger partial charge is 0.126 e. The van der Waals surface area contributed by atoms with Crippen molar-refractivity contribution in [2.24, 2.45) is 0 Å². The van der Waals surface area contributed by atoms with Gasteiger partial charge in [0.25, 0.3) is 0 Å². The lowest BCUT2D eigenvalue weighted by Gasteiger charge is -2.20. The van der Waals surface area contributed by atoms with Crippen molar-refractivity contribution in [1.82, 2.24) is 0 Å². The Bertz CT molecular complexity index is 1490. The highest BCUT2D eigenvalue weighted by Gasteiger charge is 2.21. The number of phenols is 2. The number of hydrogen-bond acceptors (Lipinski definition) is 6. The standard InChI is InChI=1S/C36H34N2O4/c1-3-11-41-35-25-7-5-8-26(35)18-30-14-24(22-38)16-32(34(30)40)20-28-10-6-9-27(36(28)42-12-4-2)19-31-15-23(21-37)13-29(17-25)33(31)39/h5-10,13-16,39-40H,3-4,11-12,17-20H2,1-2H3. The number of benzene rings is 4. The molecule has 0 heterocycles. The van der Waals surface area contributed by atoms with Crippen LogP contribution in [0.15, 0.2) is 60.7 Å². The fraction of sp³-hybridized carbons (Fsp3) is 0.278. The summed E-state index contributed by atoms with van der Waals surface area (Å²) in [5.41, 5.74) is 6.98. The van der Waals surface area contributed by atoms with E-state index in [1.165, 1.54) is 0 Å². The highest BCUT2D eigenvalue weighted by Crippen LogP contribution is 2.39. The third kappa shape index (κ3) is 5.90. The Morgan fingerprint density at radius 3 is 1.14 bits per heavy atom. The maximum absolute atomic E-state index is 11.5. The van der Waals surface area contributed by atoms with Gasteiger partial charge in [0, 0.05) is 25.7 Å². The van der Waals surface area contributed by atoms with Crippen molar-refractivity contribution in [2.75, 3.05) is 13.2 Å². The van der Waals surface area contributed by atoms with Crippen LogP contribution in [0.1, 0.15) is 82.3 Å². The Hall–Kier alpha value is -4.94. The molecule has 4 aromatic rings. The molecular formula is C36H34N2O4. The summed E-state index contributed by atoms with van der Waals surface area (Å²) in [6.45, 7) is 5.09. The number of hydrogen-bond donors (Lipinski definition) is 2. The van der Waals surface area contributed by atoms with E-state index in [9.17, 15) is 20.7 Å². The summed E-state index contributed by atoms with van der Waals surface area (Å²) < 4.78 is 12.6. The topological polar surface area (TPSA) is 107 Å². The molecule has 42 heavy (non-hydrogen) atoms. The Morgan fingerprint density at radius 2 is 0.881 bits per heavy atom. The van der Waals surface area contributed by atoms with Crippen molar-refractivity contribution < 1.29 is 19.7 Å². The van der Waals surface area contributed by atoms with Gasteiger partial charge in [-0.3, -0.25) is 0 Å². The second-order valence-corrected chi connectivity index (χ2v) is 10.7. The summed E-state index contributed by atoms with van der Waals surface area (Å²) in [5, 5.41) is 42.8. The first kappa shape index (κ1) is 28.6. The van der Waals surface area contributed by atoms with Gasteiger partial charge in [0.1, 0.15) is 23.0 Å². The van der Waals surface area contributed by atoms with Gasteiger partial charge in [-0.1, -0.05) is 50.2 Å². The fourth-order valence-corrected chi connectivity index (χ4v) is 5.62. The average molecular weight is 559 g/mol. The molecule has 0 amide bonds. The predicted molar refractivity (Wildman–Crippen MR) is 161 cm³/mol.